The van der Waals surface area contributed by atoms with Gasteiger partial charge in [0.15, 0.2) is 7.14 Å². The highest BCUT2D eigenvalue weighted by atomic mass is 31.2. The van der Waals surface area contributed by atoms with E-state index in [1.165, 1.54) is 0 Å². The molecule has 4 heteroatoms. The maximum Gasteiger partial charge on any atom is 0.174 e. The van der Waals surface area contributed by atoms with Crippen LogP contribution in [0.4, 0.5) is 0 Å². The van der Waals surface area contributed by atoms with Crippen LogP contribution in [0.3, 0.4) is 0 Å². The summed E-state index contributed by atoms with van der Waals surface area (Å²) in [5.41, 5.74) is 0. The van der Waals surface area contributed by atoms with Gasteiger partial charge in [-0.1, -0.05) is 67.6 Å². The number of rotatable bonds is 6. The zero-order valence-electron chi connectivity index (χ0n) is 14.1. The molecule has 0 aliphatic rings. The number of benzene rings is 3. The average Bonchev–Trinajstić information content (AvgIpc) is 2.68. The monoisotopic (exact) mass is 352 g/mol. The summed E-state index contributed by atoms with van der Waals surface area (Å²) in [5, 5.41) is 12.3. The lowest BCUT2D eigenvalue weighted by Crippen LogP contribution is -2.25. The second-order valence-corrected chi connectivity index (χ2v) is 8.51. The van der Waals surface area contributed by atoms with Gasteiger partial charge in [-0.15, -0.1) is 0 Å². The van der Waals surface area contributed by atoms with Crippen molar-refractivity contribution in [3.63, 3.8) is 0 Å². The summed E-state index contributed by atoms with van der Waals surface area (Å²) < 4.78 is 19.9. The van der Waals surface area contributed by atoms with E-state index in [1.54, 1.807) is 18.2 Å². The van der Waals surface area contributed by atoms with Gasteiger partial charge >= 0.3 is 0 Å². The molecule has 0 atom stereocenters. The molecule has 0 saturated carbocycles. The van der Waals surface area contributed by atoms with E-state index >= 15 is 0 Å². The molecule has 0 aliphatic carbocycles. The van der Waals surface area contributed by atoms with E-state index in [-0.39, 0.29) is 5.75 Å². The van der Waals surface area contributed by atoms with Gasteiger partial charge in [0.25, 0.3) is 0 Å². The van der Waals surface area contributed by atoms with E-state index in [9.17, 15) is 9.67 Å². The Kier molecular flexibility index (Phi) is 5.25. The molecule has 3 nitrogen and oxygen atoms in total. The first-order chi connectivity index (χ1) is 12.2. The van der Waals surface area contributed by atoms with Crippen LogP contribution >= 0.6 is 7.14 Å². The standard InChI is InChI=1S/C21H21O3P/c1-2-15-24-17-13-14-20(22)21(16-17)25(23,18-9-5-3-6-10-18)19-11-7-4-8-12-19/h3-14,16,22H,2,15H2,1H3. The highest BCUT2D eigenvalue weighted by Gasteiger charge is 2.32. The van der Waals surface area contributed by atoms with Crippen LogP contribution in [0.15, 0.2) is 78.9 Å². The molecule has 0 saturated heterocycles. The Morgan fingerprint density at radius 3 is 1.96 bits per heavy atom. The van der Waals surface area contributed by atoms with E-state index in [2.05, 4.69) is 0 Å². The molecule has 3 aromatic carbocycles. The molecule has 0 aromatic heterocycles. The number of phenols is 1. The van der Waals surface area contributed by atoms with Gasteiger partial charge in [-0.2, -0.15) is 0 Å². The summed E-state index contributed by atoms with van der Waals surface area (Å²) in [6.07, 6.45) is 0.880. The first-order valence-electron chi connectivity index (χ1n) is 8.34. The minimum absolute atomic E-state index is 0.0138. The van der Waals surface area contributed by atoms with Gasteiger partial charge in [0, 0.05) is 10.6 Å². The lowest BCUT2D eigenvalue weighted by atomic mass is 10.3. The molecule has 0 fully saturated rings. The lowest BCUT2D eigenvalue weighted by Gasteiger charge is -2.21. The zero-order valence-corrected chi connectivity index (χ0v) is 15.0. The molecular formula is C21H21O3P. The first kappa shape index (κ1) is 17.3. The number of ether oxygens (including phenoxy) is 1. The topological polar surface area (TPSA) is 46.5 Å². The molecule has 0 radical (unpaired) electrons. The zero-order chi connectivity index (χ0) is 17.7. The molecular weight excluding hydrogens is 331 g/mol. The van der Waals surface area contributed by atoms with Crippen LogP contribution in [0.2, 0.25) is 0 Å². The summed E-state index contributed by atoms with van der Waals surface area (Å²) in [5.74, 6) is 0.627. The predicted octanol–water partition coefficient (Wildman–Crippen LogP) is 3.82. The van der Waals surface area contributed by atoms with Gasteiger partial charge in [0.2, 0.25) is 0 Å². The SMILES string of the molecule is CCCOc1ccc(O)c(P(=O)(c2ccccc2)c2ccccc2)c1. The highest BCUT2D eigenvalue weighted by Crippen LogP contribution is 2.45. The maximum absolute atomic E-state index is 14.2. The van der Waals surface area contributed by atoms with Gasteiger partial charge in [0.05, 0.1) is 11.9 Å². The van der Waals surface area contributed by atoms with Crippen molar-refractivity contribution in [1.82, 2.24) is 0 Å². The quantitative estimate of drug-likeness (QED) is 0.686. The number of phenolic OH excluding ortho intramolecular Hbond substituents is 1. The van der Waals surface area contributed by atoms with Crippen molar-refractivity contribution in [2.45, 2.75) is 13.3 Å². The Morgan fingerprint density at radius 2 is 1.44 bits per heavy atom. The Bertz CT molecular complexity index is 833. The lowest BCUT2D eigenvalue weighted by molar-refractivity contribution is 0.317. The van der Waals surface area contributed by atoms with Crippen LogP contribution < -0.4 is 20.7 Å². The fourth-order valence-electron chi connectivity index (χ4n) is 2.77. The van der Waals surface area contributed by atoms with Crippen molar-refractivity contribution in [2.75, 3.05) is 6.61 Å². The fraction of sp³-hybridized carbons (Fsp3) is 0.143. The maximum atomic E-state index is 14.2. The molecule has 128 valence electrons. The Labute approximate surface area is 148 Å². The third-order valence-corrected chi connectivity index (χ3v) is 7.09. The van der Waals surface area contributed by atoms with E-state index in [0.29, 0.717) is 28.3 Å². The van der Waals surface area contributed by atoms with Crippen molar-refractivity contribution < 1.29 is 14.4 Å². The third-order valence-electron chi connectivity index (χ3n) is 4.00. The molecule has 0 unspecified atom stereocenters. The fourth-order valence-corrected chi connectivity index (χ4v) is 5.51. The number of hydrogen-bond donors (Lipinski definition) is 1. The van der Waals surface area contributed by atoms with Crippen molar-refractivity contribution in [1.29, 1.82) is 0 Å². The third kappa shape index (κ3) is 3.47. The normalized spacial score (nSPS) is 11.2. The predicted molar refractivity (Wildman–Crippen MR) is 103 cm³/mol. The second-order valence-electron chi connectivity index (χ2n) is 5.78. The number of aromatic hydroxyl groups is 1. The minimum Gasteiger partial charge on any atom is -0.507 e. The first-order valence-corrected chi connectivity index (χ1v) is 10.0. The molecule has 25 heavy (non-hydrogen) atoms. The summed E-state index contributed by atoms with van der Waals surface area (Å²) in [6.45, 7) is 2.60. The molecule has 3 aromatic rings. The summed E-state index contributed by atoms with van der Waals surface area (Å²) >= 11 is 0. The minimum atomic E-state index is -3.20. The molecule has 0 bridgehead atoms. The Balaban J connectivity index is 2.21. The van der Waals surface area contributed by atoms with Crippen LogP contribution in [0, 0.1) is 0 Å². The molecule has 0 amide bonds. The van der Waals surface area contributed by atoms with Crippen LogP contribution in [0.1, 0.15) is 13.3 Å². The van der Waals surface area contributed by atoms with E-state index in [4.69, 9.17) is 4.74 Å². The molecule has 1 N–H and O–H groups in total. The van der Waals surface area contributed by atoms with Gasteiger partial charge < -0.3 is 14.4 Å². The van der Waals surface area contributed by atoms with Crippen LogP contribution in [0.25, 0.3) is 0 Å². The van der Waals surface area contributed by atoms with Crippen LogP contribution in [-0.4, -0.2) is 11.7 Å². The summed E-state index contributed by atoms with van der Waals surface area (Å²) in [4.78, 5) is 0. The van der Waals surface area contributed by atoms with Crippen molar-refractivity contribution in [3.8, 4) is 11.5 Å². The average molecular weight is 352 g/mol. The highest BCUT2D eigenvalue weighted by molar-refractivity contribution is 7.85. The van der Waals surface area contributed by atoms with Gasteiger partial charge in [-0.05, 0) is 24.6 Å². The van der Waals surface area contributed by atoms with Crippen molar-refractivity contribution >= 4 is 23.1 Å². The van der Waals surface area contributed by atoms with Crippen molar-refractivity contribution in [2.24, 2.45) is 0 Å². The van der Waals surface area contributed by atoms with E-state index in [1.807, 2.05) is 67.6 Å². The van der Waals surface area contributed by atoms with Gasteiger partial charge in [-0.25, -0.2) is 0 Å². The van der Waals surface area contributed by atoms with Crippen LogP contribution in [-0.2, 0) is 4.57 Å². The smallest absolute Gasteiger partial charge is 0.174 e. The molecule has 3 rings (SSSR count). The van der Waals surface area contributed by atoms with Gasteiger partial charge in [0.1, 0.15) is 11.5 Å². The van der Waals surface area contributed by atoms with E-state index in [0.717, 1.165) is 6.42 Å². The molecule has 0 aliphatic heterocycles. The summed E-state index contributed by atoms with van der Waals surface area (Å²) in [7, 11) is -3.20. The number of hydrogen-bond acceptors (Lipinski definition) is 3. The molecule has 0 spiro atoms. The van der Waals surface area contributed by atoms with Gasteiger partial charge in [-0.3, -0.25) is 0 Å². The van der Waals surface area contributed by atoms with E-state index < -0.39 is 7.14 Å². The second kappa shape index (κ2) is 7.58. The Morgan fingerprint density at radius 1 is 0.880 bits per heavy atom. The van der Waals surface area contributed by atoms with Crippen LogP contribution in [0.5, 0.6) is 11.5 Å². The summed E-state index contributed by atoms with van der Waals surface area (Å²) in [6, 6.07) is 23.5. The Hall–Kier alpha value is -2.51. The van der Waals surface area contributed by atoms with Crippen molar-refractivity contribution in [3.05, 3.63) is 78.9 Å². The molecule has 0 heterocycles. The largest absolute Gasteiger partial charge is 0.507 e.